The number of benzene rings is 1. The van der Waals surface area contributed by atoms with Crippen LogP contribution in [0.4, 0.5) is 0 Å². The van der Waals surface area contributed by atoms with Gasteiger partial charge >= 0.3 is 0 Å². The first-order valence-electron chi connectivity index (χ1n) is 8.14. The minimum atomic E-state index is 0.281. The van der Waals surface area contributed by atoms with Gasteiger partial charge in [-0.3, -0.25) is 0 Å². The Kier molecular flexibility index (Phi) is 6.68. The van der Waals surface area contributed by atoms with E-state index < -0.39 is 0 Å². The molecule has 2 rings (SSSR count). The highest BCUT2D eigenvalue weighted by atomic mass is 16.5. The van der Waals surface area contributed by atoms with Crippen molar-refractivity contribution < 1.29 is 9.47 Å². The van der Waals surface area contributed by atoms with E-state index in [0.29, 0.717) is 18.4 Å². The molecule has 2 atom stereocenters. The number of hydrogen-bond acceptors (Lipinski definition) is 3. The van der Waals surface area contributed by atoms with Gasteiger partial charge in [-0.1, -0.05) is 45.0 Å². The topological polar surface area (TPSA) is 30.5 Å². The van der Waals surface area contributed by atoms with Crippen molar-refractivity contribution in [2.45, 2.75) is 45.8 Å². The Labute approximate surface area is 129 Å². The fourth-order valence-corrected chi connectivity index (χ4v) is 2.51. The van der Waals surface area contributed by atoms with E-state index in [9.17, 15) is 0 Å². The summed E-state index contributed by atoms with van der Waals surface area (Å²) in [5, 5.41) is 3.52. The molecule has 0 aliphatic carbocycles. The van der Waals surface area contributed by atoms with Crippen molar-refractivity contribution in [1.29, 1.82) is 0 Å². The van der Waals surface area contributed by atoms with E-state index in [2.05, 4.69) is 50.4 Å². The van der Waals surface area contributed by atoms with E-state index >= 15 is 0 Å². The molecule has 0 amide bonds. The van der Waals surface area contributed by atoms with Crippen LogP contribution >= 0.6 is 0 Å². The molecule has 0 radical (unpaired) electrons. The maximum Gasteiger partial charge on any atom is 0.0834 e. The summed E-state index contributed by atoms with van der Waals surface area (Å²) in [5.74, 6) is 1.25. The number of nitrogens with one attached hydrogen (secondary N) is 1. The Balaban J connectivity index is 1.74. The van der Waals surface area contributed by atoms with Crippen LogP contribution in [0, 0.1) is 5.92 Å². The lowest BCUT2D eigenvalue weighted by molar-refractivity contribution is 0.0317. The average molecular weight is 291 g/mol. The van der Waals surface area contributed by atoms with Gasteiger partial charge in [-0.25, -0.2) is 0 Å². The zero-order valence-corrected chi connectivity index (χ0v) is 13.6. The first-order chi connectivity index (χ1) is 10.1. The average Bonchev–Trinajstić information content (AvgIpc) is 2.98. The third kappa shape index (κ3) is 5.77. The lowest BCUT2D eigenvalue weighted by atomic mass is 9.99. The Bertz CT molecular complexity index is 396. The van der Waals surface area contributed by atoms with Gasteiger partial charge in [0.1, 0.15) is 0 Å². The zero-order chi connectivity index (χ0) is 15.1. The van der Waals surface area contributed by atoms with Gasteiger partial charge in [-0.15, -0.1) is 0 Å². The third-order valence-electron chi connectivity index (χ3n) is 3.93. The van der Waals surface area contributed by atoms with Crippen molar-refractivity contribution in [2.24, 2.45) is 5.92 Å². The largest absolute Gasteiger partial charge is 0.379 e. The summed E-state index contributed by atoms with van der Waals surface area (Å²) in [6.45, 7) is 11.1. The number of rotatable bonds is 8. The highest BCUT2D eigenvalue weighted by Crippen LogP contribution is 2.17. The molecule has 0 spiro atoms. The summed E-state index contributed by atoms with van der Waals surface area (Å²) in [6.07, 6.45) is 1.31. The van der Waals surface area contributed by atoms with Gasteiger partial charge in [-0.2, -0.15) is 0 Å². The SMILES string of the molecule is CC(C)CNCC(C)c1ccc(COC2CCOC2)cc1. The van der Waals surface area contributed by atoms with Crippen molar-refractivity contribution >= 4 is 0 Å². The van der Waals surface area contributed by atoms with Crippen molar-refractivity contribution in [3.8, 4) is 0 Å². The molecule has 3 heteroatoms. The molecule has 0 aromatic heterocycles. The molecule has 2 unspecified atom stereocenters. The molecule has 3 nitrogen and oxygen atoms in total. The second-order valence-electron chi connectivity index (χ2n) is 6.49. The van der Waals surface area contributed by atoms with Gasteiger partial charge in [0.25, 0.3) is 0 Å². The van der Waals surface area contributed by atoms with E-state index in [4.69, 9.17) is 9.47 Å². The van der Waals surface area contributed by atoms with Crippen LogP contribution in [0.3, 0.4) is 0 Å². The van der Waals surface area contributed by atoms with Gasteiger partial charge in [0.15, 0.2) is 0 Å². The van der Waals surface area contributed by atoms with Crippen LogP contribution in [-0.4, -0.2) is 32.4 Å². The predicted octanol–water partition coefficient (Wildman–Crippen LogP) is 3.34. The summed E-state index contributed by atoms with van der Waals surface area (Å²) in [7, 11) is 0. The maximum atomic E-state index is 5.84. The van der Waals surface area contributed by atoms with Crippen LogP contribution in [0.5, 0.6) is 0 Å². The molecule has 1 aromatic rings. The molecule has 1 saturated heterocycles. The molecule has 1 heterocycles. The smallest absolute Gasteiger partial charge is 0.0834 e. The van der Waals surface area contributed by atoms with Crippen molar-refractivity contribution in [2.75, 3.05) is 26.3 Å². The molecule has 1 aromatic carbocycles. The molecule has 0 saturated carbocycles. The van der Waals surface area contributed by atoms with Crippen LogP contribution in [0.25, 0.3) is 0 Å². The Morgan fingerprint density at radius 1 is 1.19 bits per heavy atom. The zero-order valence-electron chi connectivity index (χ0n) is 13.6. The Hall–Kier alpha value is -0.900. The highest BCUT2D eigenvalue weighted by Gasteiger charge is 2.15. The number of hydrogen-bond donors (Lipinski definition) is 1. The quantitative estimate of drug-likeness (QED) is 0.797. The maximum absolute atomic E-state index is 5.84. The van der Waals surface area contributed by atoms with Gasteiger partial charge < -0.3 is 14.8 Å². The molecule has 1 aliphatic rings. The first kappa shape index (κ1) is 16.5. The standard InChI is InChI=1S/C18H29NO2/c1-14(2)10-19-11-15(3)17-6-4-16(5-7-17)12-21-18-8-9-20-13-18/h4-7,14-15,18-19H,8-13H2,1-3H3. The fraction of sp³-hybridized carbons (Fsp3) is 0.667. The molecule has 1 aliphatic heterocycles. The van der Waals surface area contributed by atoms with Crippen molar-refractivity contribution in [3.05, 3.63) is 35.4 Å². The van der Waals surface area contributed by atoms with Crippen LogP contribution in [0.2, 0.25) is 0 Å². The summed E-state index contributed by atoms with van der Waals surface area (Å²) < 4.78 is 11.2. The summed E-state index contributed by atoms with van der Waals surface area (Å²) in [6, 6.07) is 8.82. The van der Waals surface area contributed by atoms with Gasteiger partial charge in [0.05, 0.1) is 19.3 Å². The number of ether oxygens (including phenoxy) is 2. The summed E-state index contributed by atoms with van der Waals surface area (Å²) >= 11 is 0. The Morgan fingerprint density at radius 2 is 1.95 bits per heavy atom. The highest BCUT2D eigenvalue weighted by molar-refractivity contribution is 5.25. The van der Waals surface area contributed by atoms with E-state index in [1.165, 1.54) is 11.1 Å². The van der Waals surface area contributed by atoms with Gasteiger partial charge in [0.2, 0.25) is 0 Å². The third-order valence-corrected chi connectivity index (χ3v) is 3.93. The van der Waals surface area contributed by atoms with Crippen molar-refractivity contribution in [1.82, 2.24) is 5.32 Å². The lowest BCUT2D eigenvalue weighted by Crippen LogP contribution is -2.24. The van der Waals surface area contributed by atoms with E-state index in [1.807, 2.05) is 0 Å². The minimum absolute atomic E-state index is 0.281. The van der Waals surface area contributed by atoms with Crippen LogP contribution in [0.1, 0.15) is 44.2 Å². The molecule has 118 valence electrons. The van der Waals surface area contributed by atoms with Gasteiger partial charge in [0, 0.05) is 13.2 Å². The lowest BCUT2D eigenvalue weighted by Gasteiger charge is -2.15. The minimum Gasteiger partial charge on any atom is -0.379 e. The molecule has 0 bridgehead atoms. The van der Waals surface area contributed by atoms with Crippen LogP contribution in [-0.2, 0) is 16.1 Å². The van der Waals surface area contributed by atoms with Crippen molar-refractivity contribution in [3.63, 3.8) is 0 Å². The fourth-order valence-electron chi connectivity index (χ4n) is 2.51. The molecule has 1 fully saturated rings. The van der Waals surface area contributed by atoms with Gasteiger partial charge in [-0.05, 0) is 35.9 Å². The normalized spacial score (nSPS) is 20.1. The molecular formula is C18H29NO2. The second-order valence-corrected chi connectivity index (χ2v) is 6.49. The molecule has 1 N–H and O–H groups in total. The van der Waals surface area contributed by atoms with E-state index in [1.54, 1.807) is 0 Å². The van der Waals surface area contributed by atoms with E-state index in [0.717, 1.165) is 32.7 Å². The first-order valence-corrected chi connectivity index (χ1v) is 8.14. The summed E-state index contributed by atoms with van der Waals surface area (Å²) in [4.78, 5) is 0. The predicted molar refractivity (Wildman–Crippen MR) is 86.6 cm³/mol. The van der Waals surface area contributed by atoms with Crippen LogP contribution in [0.15, 0.2) is 24.3 Å². The molecular weight excluding hydrogens is 262 g/mol. The molecule has 21 heavy (non-hydrogen) atoms. The summed E-state index contributed by atoms with van der Waals surface area (Å²) in [5.41, 5.74) is 2.63. The Morgan fingerprint density at radius 3 is 2.57 bits per heavy atom. The second kappa shape index (κ2) is 8.52. The monoisotopic (exact) mass is 291 g/mol. The van der Waals surface area contributed by atoms with E-state index in [-0.39, 0.29) is 6.10 Å². The van der Waals surface area contributed by atoms with Crippen LogP contribution < -0.4 is 5.32 Å².